The SMILES string of the molecule is CCCC1(CCC)NC(=O)N(CCOc2cccc(F)c2)C1=O. The molecule has 1 saturated heterocycles. The number of hydrogen-bond acceptors (Lipinski definition) is 3. The van der Waals surface area contributed by atoms with Gasteiger partial charge in [-0.1, -0.05) is 32.8 Å². The van der Waals surface area contributed by atoms with Crippen LogP contribution in [0.15, 0.2) is 24.3 Å². The van der Waals surface area contributed by atoms with Crippen LogP contribution in [0.2, 0.25) is 0 Å². The van der Waals surface area contributed by atoms with E-state index < -0.39 is 5.54 Å². The van der Waals surface area contributed by atoms with Gasteiger partial charge in [-0.3, -0.25) is 9.69 Å². The molecule has 2 rings (SSSR count). The first-order valence-electron chi connectivity index (χ1n) is 8.05. The maximum absolute atomic E-state index is 13.1. The van der Waals surface area contributed by atoms with E-state index in [2.05, 4.69) is 5.32 Å². The molecule has 0 bridgehead atoms. The first kappa shape index (κ1) is 17.2. The van der Waals surface area contributed by atoms with Crippen LogP contribution in [-0.4, -0.2) is 35.5 Å². The summed E-state index contributed by atoms with van der Waals surface area (Å²) in [5.41, 5.74) is -0.778. The van der Waals surface area contributed by atoms with Gasteiger partial charge in [-0.15, -0.1) is 0 Å². The Balaban J connectivity index is 1.97. The van der Waals surface area contributed by atoms with Gasteiger partial charge in [0.25, 0.3) is 5.91 Å². The number of urea groups is 1. The number of ether oxygens (including phenoxy) is 1. The van der Waals surface area contributed by atoms with Gasteiger partial charge in [-0.25, -0.2) is 9.18 Å². The van der Waals surface area contributed by atoms with E-state index >= 15 is 0 Å². The summed E-state index contributed by atoms with van der Waals surface area (Å²) >= 11 is 0. The number of benzene rings is 1. The topological polar surface area (TPSA) is 58.6 Å². The predicted octanol–water partition coefficient (Wildman–Crippen LogP) is 3.10. The van der Waals surface area contributed by atoms with Crippen LogP contribution in [0, 0.1) is 5.82 Å². The van der Waals surface area contributed by atoms with Crippen molar-refractivity contribution in [1.29, 1.82) is 0 Å². The number of nitrogens with one attached hydrogen (secondary N) is 1. The first-order valence-corrected chi connectivity index (χ1v) is 8.05. The molecule has 1 aliphatic heterocycles. The molecule has 1 fully saturated rings. The Hall–Kier alpha value is -2.11. The fourth-order valence-electron chi connectivity index (χ4n) is 3.01. The van der Waals surface area contributed by atoms with Crippen molar-refractivity contribution in [3.8, 4) is 5.75 Å². The van der Waals surface area contributed by atoms with Crippen LogP contribution >= 0.6 is 0 Å². The van der Waals surface area contributed by atoms with Crippen LogP contribution in [0.25, 0.3) is 0 Å². The smallest absolute Gasteiger partial charge is 0.325 e. The van der Waals surface area contributed by atoms with Gasteiger partial charge < -0.3 is 10.1 Å². The maximum Gasteiger partial charge on any atom is 0.325 e. The zero-order valence-electron chi connectivity index (χ0n) is 13.6. The monoisotopic (exact) mass is 322 g/mol. The lowest BCUT2D eigenvalue weighted by Crippen LogP contribution is -2.47. The van der Waals surface area contributed by atoms with Crippen LogP contribution in [0.3, 0.4) is 0 Å². The Bertz CT molecular complexity index is 571. The molecule has 3 amide bonds. The molecule has 0 spiro atoms. The standard InChI is InChI=1S/C17H23FN2O3/c1-3-8-17(9-4-2)15(21)20(16(22)19-17)10-11-23-14-7-5-6-13(18)12-14/h5-7,12H,3-4,8-11H2,1-2H3,(H,19,22). The molecule has 0 aliphatic carbocycles. The van der Waals surface area contributed by atoms with Crippen molar-refractivity contribution in [3.05, 3.63) is 30.1 Å². The van der Waals surface area contributed by atoms with E-state index in [9.17, 15) is 14.0 Å². The highest BCUT2D eigenvalue weighted by molar-refractivity contribution is 6.07. The third kappa shape index (κ3) is 3.81. The largest absolute Gasteiger partial charge is 0.492 e. The second kappa shape index (κ2) is 7.44. The molecular formula is C17H23FN2O3. The normalized spacial score (nSPS) is 16.6. The van der Waals surface area contributed by atoms with E-state index in [1.54, 1.807) is 12.1 Å². The molecule has 0 unspecified atom stereocenters. The van der Waals surface area contributed by atoms with E-state index in [0.717, 1.165) is 12.8 Å². The van der Waals surface area contributed by atoms with E-state index in [4.69, 9.17) is 4.74 Å². The lowest BCUT2D eigenvalue weighted by molar-refractivity contribution is -0.132. The van der Waals surface area contributed by atoms with E-state index in [1.165, 1.54) is 17.0 Å². The molecule has 126 valence electrons. The molecule has 0 radical (unpaired) electrons. The Morgan fingerprint density at radius 2 is 1.91 bits per heavy atom. The summed E-state index contributed by atoms with van der Waals surface area (Å²) < 4.78 is 18.5. The number of carbonyl (C=O) groups excluding carboxylic acids is 2. The molecule has 1 aromatic carbocycles. The zero-order chi connectivity index (χ0) is 16.9. The number of hydrogen-bond donors (Lipinski definition) is 1. The minimum absolute atomic E-state index is 0.136. The fraction of sp³-hybridized carbons (Fsp3) is 0.529. The second-order valence-electron chi connectivity index (χ2n) is 5.77. The number of amides is 3. The summed E-state index contributed by atoms with van der Waals surface area (Å²) in [6.45, 7) is 4.27. The van der Waals surface area contributed by atoms with Crippen LogP contribution in [0.5, 0.6) is 5.75 Å². The second-order valence-corrected chi connectivity index (χ2v) is 5.77. The summed E-state index contributed by atoms with van der Waals surface area (Å²) in [6.07, 6.45) is 2.90. The third-order valence-electron chi connectivity index (χ3n) is 3.98. The average Bonchev–Trinajstić information content (AvgIpc) is 2.72. The van der Waals surface area contributed by atoms with Crippen molar-refractivity contribution in [3.63, 3.8) is 0 Å². The lowest BCUT2D eigenvalue weighted by atomic mass is 9.88. The highest BCUT2D eigenvalue weighted by Crippen LogP contribution is 2.27. The van der Waals surface area contributed by atoms with Crippen molar-refractivity contribution in [1.82, 2.24) is 10.2 Å². The number of nitrogens with zero attached hydrogens (tertiary/aromatic N) is 1. The van der Waals surface area contributed by atoms with Crippen molar-refractivity contribution in [2.45, 2.75) is 45.1 Å². The maximum atomic E-state index is 13.1. The quantitative estimate of drug-likeness (QED) is 0.748. The fourth-order valence-corrected chi connectivity index (χ4v) is 3.01. The van der Waals surface area contributed by atoms with Crippen LogP contribution < -0.4 is 10.1 Å². The van der Waals surface area contributed by atoms with Crippen LogP contribution in [-0.2, 0) is 4.79 Å². The van der Waals surface area contributed by atoms with Gasteiger partial charge in [0.05, 0.1) is 6.54 Å². The van der Waals surface area contributed by atoms with Gasteiger partial charge in [-0.05, 0) is 25.0 Å². The summed E-state index contributed by atoms with van der Waals surface area (Å²) in [7, 11) is 0. The molecule has 1 aromatic rings. The van der Waals surface area contributed by atoms with E-state index in [1.807, 2.05) is 13.8 Å². The molecule has 5 nitrogen and oxygen atoms in total. The minimum atomic E-state index is -0.778. The highest BCUT2D eigenvalue weighted by Gasteiger charge is 2.49. The molecule has 1 aliphatic rings. The van der Waals surface area contributed by atoms with Gasteiger partial charge in [0.2, 0.25) is 0 Å². The Morgan fingerprint density at radius 1 is 1.22 bits per heavy atom. The molecule has 1 heterocycles. The van der Waals surface area contributed by atoms with Gasteiger partial charge in [0.1, 0.15) is 23.7 Å². The zero-order valence-corrected chi connectivity index (χ0v) is 13.6. The summed E-state index contributed by atoms with van der Waals surface area (Å²) in [5.74, 6) is -0.193. The highest BCUT2D eigenvalue weighted by atomic mass is 19.1. The van der Waals surface area contributed by atoms with Gasteiger partial charge >= 0.3 is 6.03 Å². The molecule has 0 aromatic heterocycles. The van der Waals surface area contributed by atoms with Gasteiger partial charge in [0, 0.05) is 6.07 Å². The van der Waals surface area contributed by atoms with Crippen molar-refractivity contribution in [2.24, 2.45) is 0 Å². The molecular weight excluding hydrogens is 299 g/mol. The molecule has 6 heteroatoms. The summed E-state index contributed by atoms with van der Waals surface area (Å²) in [6, 6.07) is 5.40. The Morgan fingerprint density at radius 3 is 2.52 bits per heavy atom. The van der Waals surface area contributed by atoms with E-state index in [0.29, 0.717) is 18.6 Å². The molecule has 23 heavy (non-hydrogen) atoms. The Labute approximate surface area is 135 Å². The average molecular weight is 322 g/mol. The van der Waals surface area contributed by atoms with Gasteiger partial charge in [-0.2, -0.15) is 0 Å². The number of rotatable bonds is 8. The number of carbonyl (C=O) groups is 2. The minimum Gasteiger partial charge on any atom is -0.492 e. The lowest BCUT2D eigenvalue weighted by Gasteiger charge is -2.25. The Kier molecular flexibility index (Phi) is 5.58. The summed E-state index contributed by atoms with van der Waals surface area (Å²) in [4.78, 5) is 26.0. The molecule has 0 atom stereocenters. The first-order chi connectivity index (χ1) is 11.0. The van der Waals surface area contributed by atoms with E-state index in [-0.39, 0.29) is 30.9 Å². The van der Waals surface area contributed by atoms with Crippen molar-refractivity contribution >= 4 is 11.9 Å². The molecule has 0 saturated carbocycles. The van der Waals surface area contributed by atoms with Crippen LogP contribution in [0.4, 0.5) is 9.18 Å². The van der Waals surface area contributed by atoms with Crippen LogP contribution in [0.1, 0.15) is 39.5 Å². The third-order valence-corrected chi connectivity index (χ3v) is 3.98. The van der Waals surface area contributed by atoms with Crippen molar-refractivity contribution in [2.75, 3.05) is 13.2 Å². The predicted molar refractivity (Wildman–Crippen MR) is 84.7 cm³/mol. The van der Waals surface area contributed by atoms with Crippen molar-refractivity contribution < 1.29 is 18.7 Å². The van der Waals surface area contributed by atoms with Gasteiger partial charge in [0.15, 0.2) is 0 Å². The molecule has 1 N–H and O–H groups in total. The number of imide groups is 1. The number of halogens is 1. The summed E-state index contributed by atoms with van der Waals surface area (Å²) in [5, 5.41) is 2.85.